The molecule has 4 aromatic rings. The lowest BCUT2D eigenvalue weighted by molar-refractivity contribution is -0.148. The quantitative estimate of drug-likeness (QED) is 0.351. The van der Waals surface area contributed by atoms with Crippen molar-refractivity contribution in [1.82, 2.24) is 0 Å². The third-order valence-electron chi connectivity index (χ3n) is 5.74. The van der Waals surface area contributed by atoms with Crippen LogP contribution in [-0.2, 0) is 5.79 Å². The zero-order valence-electron chi connectivity index (χ0n) is 15.2. The van der Waals surface area contributed by atoms with Crippen LogP contribution in [0.3, 0.4) is 0 Å². The second-order valence-electron chi connectivity index (χ2n) is 7.39. The summed E-state index contributed by atoms with van der Waals surface area (Å²) in [7, 11) is 0. The number of halogens is 1. The Labute approximate surface area is 174 Å². The molecule has 29 heavy (non-hydrogen) atoms. The fraction of sp³-hybridized carbons (Fsp3) is 0.125. The van der Waals surface area contributed by atoms with Crippen LogP contribution in [0.4, 0.5) is 0 Å². The van der Waals surface area contributed by atoms with Gasteiger partial charge >= 0.3 is 5.63 Å². The molecular weight excluding hydrogens is 432 g/mol. The molecule has 0 amide bonds. The molecule has 2 atom stereocenters. The lowest BCUT2D eigenvalue weighted by atomic mass is 9.78. The second-order valence-corrected chi connectivity index (χ2v) is 8.30. The van der Waals surface area contributed by atoms with E-state index in [1.165, 1.54) is 0 Å². The maximum atomic E-state index is 13.0. The van der Waals surface area contributed by atoms with Crippen LogP contribution < -0.4 is 15.1 Å². The van der Waals surface area contributed by atoms with Crippen LogP contribution >= 0.6 is 15.9 Å². The number of fused-ring (bicyclic) bond motifs is 8. The van der Waals surface area contributed by atoms with Gasteiger partial charge in [-0.15, -0.1) is 0 Å². The van der Waals surface area contributed by atoms with Crippen LogP contribution in [0.1, 0.15) is 29.0 Å². The average molecular weight is 447 g/mol. The second kappa shape index (κ2) is 5.97. The van der Waals surface area contributed by atoms with E-state index < -0.39 is 5.79 Å². The molecule has 0 saturated heterocycles. The Morgan fingerprint density at radius 2 is 1.66 bits per heavy atom. The zero-order chi connectivity index (χ0) is 19.6. The van der Waals surface area contributed by atoms with Gasteiger partial charge in [0.2, 0.25) is 0 Å². The number of hydrogen-bond donors (Lipinski definition) is 0. The van der Waals surface area contributed by atoms with Gasteiger partial charge in [0.15, 0.2) is 0 Å². The van der Waals surface area contributed by atoms with Crippen molar-refractivity contribution >= 4 is 26.9 Å². The van der Waals surface area contributed by atoms with Crippen LogP contribution in [-0.4, -0.2) is 0 Å². The first kappa shape index (κ1) is 16.9. The van der Waals surface area contributed by atoms with Crippen molar-refractivity contribution in [2.24, 2.45) is 0 Å². The molecule has 0 N–H and O–H groups in total. The Morgan fingerprint density at radius 3 is 2.52 bits per heavy atom. The number of ether oxygens (including phenoxy) is 2. The van der Waals surface area contributed by atoms with E-state index in [4.69, 9.17) is 13.9 Å². The van der Waals surface area contributed by atoms with Gasteiger partial charge in [-0.25, -0.2) is 4.79 Å². The fourth-order valence-electron chi connectivity index (χ4n) is 4.43. The summed E-state index contributed by atoms with van der Waals surface area (Å²) in [6.07, 6.45) is 0.502. The lowest BCUT2D eigenvalue weighted by Gasteiger charge is -2.46. The Hall–Kier alpha value is -3.05. The van der Waals surface area contributed by atoms with Gasteiger partial charge in [0.25, 0.3) is 5.79 Å². The minimum absolute atomic E-state index is 0.173. The van der Waals surface area contributed by atoms with Crippen LogP contribution in [0, 0.1) is 0 Å². The van der Waals surface area contributed by atoms with Crippen molar-refractivity contribution in [2.75, 3.05) is 0 Å². The van der Waals surface area contributed by atoms with Crippen molar-refractivity contribution in [2.45, 2.75) is 18.1 Å². The first-order chi connectivity index (χ1) is 14.1. The molecule has 4 nitrogen and oxygen atoms in total. The number of hydrogen-bond acceptors (Lipinski definition) is 4. The van der Waals surface area contributed by atoms with Gasteiger partial charge in [-0.3, -0.25) is 0 Å². The molecule has 0 saturated carbocycles. The van der Waals surface area contributed by atoms with E-state index in [1.807, 2.05) is 66.7 Å². The third-order valence-corrected chi connectivity index (χ3v) is 6.27. The van der Waals surface area contributed by atoms with Crippen molar-refractivity contribution in [1.29, 1.82) is 0 Å². The largest absolute Gasteiger partial charge is 0.448 e. The molecule has 0 aliphatic carbocycles. The molecule has 5 heteroatoms. The maximum Gasteiger partial charge on any atom is 0.343 e. The molecule has 2 unspecified atom stereocenters. The summed E-state index contributed by atoms with van der Waals surface area (Å²) >= 11 is 3.49. The molecule has 0 radical (unpaired) electrons. The molecule has 3 heterocycles. The molecule has 2 aliphatic rings. The van der Waals surface area contributed by atoms with E-state index in [-0.39, 0.29) is 11.5 Å². The summed E-state index contributed by atoms with van der Waals surface area (Å²) in [5, 5.41) is 0.774. The van der Waals surface area contributed by atoms with Gasteiger partial charge in [-0.2, -0.15) is 0 Å². The van der Waals surface area contributed by atoms with E-state index in [9.17, 15) is 4.79 Å². The van der Waals surface area contributed by atoms with Gasteiger partial charge in [0.1, 0.15) is 17.1 Å². The number of para-hydroxylation sites is 2. The summed E-state index contributed by atoms with van der Waals surface area (Å²) in [5.74, 6) is 0.0899. The van der Waals surface area contributed by atoms with Crippen molar-refractivity contribution in [3.8, 4) is 11.5 Å². The first-order valence-electron chi connectivity index (χ1n) is 9.43. The monoisotopic (exact) mass is 446 g/mol. The van der Waals surface area contributed by atoms with E-state index in [1.54, 1.807) is 6.07 Å². The van der Waals surface area contributed by atoms with E-state index in [0.29, 0.717) is 23.3 Å². The Balaban J connectivity index is 1.69. The average Bonchev–Trinajstić information content (AvgIpc) is 2.74. The standard InChI is InChI=1S/C24H15BrO4/c25-15-11-9-14(10-12-15)24-13-18(16-5-1-4-8-20(16)28-24)21-22(29-24)17-6-2-3-7-19(17)27-23(21)26/h1-12,18H,13H2. The summed E-state index contributed by atoms with van der Waals surface area (Å²) in [4.78, 5) is 13.0. The van der Waals surface area contributed by atoms with Crippen molar-refractivity contribution < 1.29 is 13.9 Å². The smallest absolute Gasteiger partial charge is 0.343 e. The SMILES string of the molecule is O=c1oc2ccccc2c2c1C1CC(c3ccc(Br)cc3)(Oc3ccccc31)O2. The summed E-state index contributed by atoms with van der Waals surface area (Å²) < 4.78 is 19.7. The molecule has 3 aromatic carbocycles. The topological polar surface area (TPSA) is 48.7 Å². The molecular formula is C24H15BrO4. The number of rotatable bonds is 1. The molecule has 142 valence electrons. The highest BCUT2D eigenvalue weighted by Gasteiger charge is 2.51. The lowest BCUT2D eigenvalue weighted by Crippen LogP contribution is -2.48. The summed E-state index contributed by atoms with van der Waals surface area (Å²) in [5.41, 5.74) is 2.60. The minimum Gasteiger partial charge on any atom is -0.448 e. The Bertz CT molecular complexity index is 1330. The van der Waals surface area contributed by atoms with Crippen molar-refractivity contribution in [3.63, 3.8) is 0 Å². The van der Waals surface area contributed by atoms with Gasteiger partial charge in [0.05, 0.1) is 10.9 Å². The Kier molecular flexibility index (Phi) is 3.47. The van der Waals surface area contributed by atoms with Crippen LogP contribution in [0.2, 0.25) is 0 Å². The van der Waals surface area contributed by atoms with Crippen LogP contribution in [0.15, 0.2) is 86.5 Å². The summed E-state index contributed by atoms with van der Waals surface area (Å²) in [6, 6.07) is 23.2. The van der Waals surface area contributed by atoms with Crippen LogP contribution in [0.5, 0.6) is 11.5 Å². The van der Waals surface area contributed by atoms with Gasteiger partial charge < -0.3 is 13.9 Å². The zero-order valence-corrected chi connectivity index (χ0v) is 16.8. The van der Waals surface area contributed by atoms with Crippen LogP contribution in [0.25, 0.3) is 11.0 Å². The van der Waals surface area contributed by atoms with Crippen molar-refractivity contribution in [3.05, 3.63) is 104 Å². The van der Waals surface area contributed by atoms with Gasteiger partial charge in [0, 0.05) is 27.9 Å². The minimum atomic E-state index is -1.01. The fourth-order valence-corrected chi connectivity index (χ4v) is 4.69. The van der Waals surface area contributed by atoms with Gasteiger partial charge in [-0.05, 0) is 30.3 Å². The predicted molar refractivity (Wildman–Crippen MR) is 112 cm³/mol. The molecule has 2 aliphatic heterocycles. The molecule has 6 rings (SSSR count). The third kappa shape index (κ3) is 2.40. The Morgan fingerprint density at radius 1 is 0.897 bits per heavy atom. The highest BCUT2D eigenvalue weighted by molar-refractivity contribution is 9.10. The maximum absolute atomic E-state index is 13.0. The molecule has 0 spiro atoms. The van der Waals surface area contributed by atoms with E-state index in [0.717, 1.165) is 26.7 Å². The van der Waals surface area contributed by atoms with E-state index in [2.05, 4.69) is 15.9 Å². The highest BCUT2D eigenvalue weighted by Crippen LogP contribution is 2.55. The molecule has 1 aromatic heterocycles. The normalized spacial score (nSPS) is 21.6. The summed E-state index contributed by atoms with van der Waals surface area (Å²) in [6.45, 7) is 0. The number of benzene rings is 3. The molecule has 2 bridgehead atoms. The van der Waals surface area contributed by atoms with E-state index >= 15 is 0 Å². The first-order valence-corrected chi connectivity index (χ1v) is 10.2. The highest BCUT2D eigenvalue weighted by atomic mass is 79.9. The van der Waals surface area contributed by atoms with Gasteiger partial charge in [-0.1, -0.05) is 58.4 Å². The predicted octanol–water partition coefficient (Wildman–Crippen LogP) is 5.72. The molecule has 0 fully saturated rings.